The number of rotatable bonds is 6. The third kappa shape index (κ3) is 5.81. The Bertz CT molecular complexity index is 665. The lowest BCUT2D eigenvalue weighted by Gasteiger charge is -2.36. The van der Waals surface area contributed by atoms with Gasteiger partial charge in [0, 0.05) is 52.1 Å². The molecule has 0 aromatic carbocycles. The molecule has 3 amide bonds. The van der Waals surface area contributed by atoms with Crippen molar-refractivity contribution in [2.45, 2.75) is 45.4 Å². The molecule has 8 heteroatoms. The first kappa shape index (κ1) is 23.5. The molecule has 180 valence electrons. The van der Waals surface area contributed by atoms with Crippen molar-refractivity contribution in [3.63, 3.8) is 0 Å². The smallest absolute Gasteiger partial charge is 0.228 e. The fourth-order valence-corrected chi connectivity index (χ4v) is 5.72. The zero-order valence-corrected chi connectivity index (χ0v) is 19.7. The predicted molar refractivity (Wildman–Crippen MR) is 121 cm³/mol. The largest absolute Gasteiger partial charge is 0.378 e. The highest BCUT2D eigenvalue weighted by Crippen LogP contribution is 2.27. The minimum absolute atomic E-state index is 0.105. The summed E-state index contributed by atoms with van der Waals surface area (Å²) >= 11 is 0. The molecular formula is C24H40N4O4. The summed E-state index contributed by atoms with van der Waals surface area (Å²) in [6.07, 6.45) is 5.20. The van der Waals surface area contributed by atoms with Gasteiger partial charge in [-0.2, -0.15) is 0 Å². The SMILES string of the molecule is CCN1CCC(CC(=O)N2CCC(CN3CC(C(=O)N4CCOCC4)CC3=O)CC2)CC1. The van der Waals surface area contributed by atoms with Gasteiger partial charge in [-0.05, 0) is 57.2 Å². The molecule has 4 heterocycles. The van der Waals surface area contributed by atoms with E-state index in [-0.39, 0.29) is 17.7 Å². The maximum atomic E-state index is 12.8. The molecule has 4 saturated heterocycles. The predicted octanol–water partition coefficient (Wildman–Crippen LogP) is 1.05. The van der Waals surface area contributed by atoms with Gasteiger partial charge in [0.2, 0.25) is 17.7 Å². The molecule has 4 fully saturated rings. The molecule has 4 aliphatic rings. The van der Waals surface area contributed by atoms with E-state index in [0.29, 0.717) is 63.4 Å². The van der Waals surface area contributed by atoms with Crippen LogP contribution in [0.2, 0.25) is 0 Å². The molecule has 4 rings (SSSR count). The van der Waals surface area contributed by atoms with Gasteiger partial charge >= 0.3 is 0 Å². The van der Waals surface area contributed by atoms with Crippen LogP contribution in [0.4, 0.5) is 0 Å². The summed E-state index contributed by atoms with van der Waals surface area (Å²) < 4.78 is 5.33. The average molecular weight is 449 g/mol. The molecule has 1 unspecified atom stereocenters. The van der Waals surface area contributed by atoms with E-state index in [9.17, 15) is 14.4 Å². The standard InChI is InChI=1S/C24H40N4O4/c1-2-25-7-3-19(4-8-25)15-22(29)26-9-5-20(6-10-26)17-28-18-21(16-23(28)30)24(31)27-11-13-32-14-12-27/h19-21H,2-18H2,1H3. The van der Waals surface area contributed by atoms with E-state index in [0.717, 1.165) is 65.0 Å². The van der Waals surface area contributed by atoms with Crippen LogP contribution >= 0.6 is 0 Å². The summed E-state index contributed by atoms with van der Waals surface area (Å²) in [5.41, 5.74) is 0. The number of morpholine rings is 1. The van der Waals surface area contributed by atoms with E-state index in [1.54, 1.807) is 0 Å². The summed E-state index contributed by atoms with van der Waals surface area (Å²) in [6.45, 7) is 10.9. The molecule has 0 saturated carbocycles. The zero-order valence-electron chi connectivity index (χ0n) is 19.7. The van der Waals surface area contributed by atoms with Crippen LogP contribution < -0.4 is 0 Å². The van der Waals surface area contributed by atoms with Crippen LogP contribution in [0.25, 0.3) is 0 Å². The van der Waals surface area contributed by atoms with Crippen LogP contribution in [0.3, 0.4) is 0 Å². The van der Waals surface area contributed by atoms with Crippen molar-refractivity contribution in [2.75, 3.05) is 72.1 Å². The van der Waals surface area contributed by atoms with Crippen molar-refractivity contribution in [2.24, 2.45) is 17.8 Å². The summed E-state index contributed by atoms with van der Waals surface area (Å²) in [5, 5.41) is 0. The van der Waals surface area contributed by atoms with Crippen molar-refractivity contribution in [3.05, 3.63) is 0 Å². The van der Waals surface area contributed by atoms with E-state index < -0.39 is 0 Å². The number of carbonyl (C=O) groups is 3. The molecule has 0 aromatic heterocycles. The first-order valence-corrected chi connectivity index (χ1v) is 12.7. The van der Waals surface area contributed by atoms with Crippen molar-refractivity contribution in [1.29, 1.82) is 0 Å². The number of hydrogen-bond donors (Lipinski definition) is 0. The summed E-state index contributed by atoms with van der Waals surface area (Å²) in [7, 11) is 0. The van der Waals surface area contributed by atoms with Crippen LogP contribution in [-0.4, -0.2) is 109 Å². The van der Waals surface area contributed by atoms with E-state index in [2.05, 4.69) is 11.8 Å². The van der Waals surface area contributed by atoms with Crippen LogP contribution in [0.5, 0.6) is 0 Å². The molecule has 0 spiro atoms. The second-order valence-corrected chi connectivity index (χ2v) is 10.0. The fraction of sp³-hybridized carbons (Fsp3) is 0.875. The lowest BCUT2D eigenvalue weighted by molar-refractivity contribution is -0.139. The summed E-state index contributed by atoms with van der Waals surface area (Å²) in [4.78, 5) is 46.3. The Morgan fingerprint density at radius 2 is 1.56 bits per heavy atom. The molecule has 8 nitrogen and oxygen atoms in total. The molecule has 0 bridgehead atoms. The Morgan fingerprint density at radius 1 is 0.906 bits per heavy atom. The monoisotopic (exact) mass is 448 g/mol. The Kier molecular flexibility index (Phi) is 8.05. The Hall–Kier alpha value is -1.67. The highest BCUT2D eigenvalue weighted by atomic mass is 16.5. The fourth-order valence-electron chi connectivity index (χ4n) is 5.72. The van der Waals surface area contributed by atoms with Crippen LogP contribution in [-0.2, 0) is 19.1 Å². The highest BCUT2D eigenvalue weighted by molar-refractivity contribution is 5.89. The van der Waals surface area contributed by atoms with Gasteiger partial charge in [0.25, 0.3) is 0 Å². The molecule has 0 radical (unpaired) electrons. The first-order valence-electron chi connectivity index (χ1n) is 12.7. The second-order valence-electron chi connectivity index (χ2n) is 10.0. The number of nitrogens with zero attached hydrogens (tertiary/aromatic N) is 4. The molecule has 1 atom stereocenters. The molecule has 32 heavy (non-hydrogen) atoms. The van der Waals surface area contributed by atoms with Crippen molar-refractivity contribution < 1.29 is 19.1 Å². The highest BCUT2D eigenvalue weighted by Gasteiger charge is 2.38. The van der Waals surface area contributed by atoms with E-state index in [1.807, 2.05) is 14.7 Å². The van der Waals surface area contributed by atoms with Crippen LogP contribution in [0, 0.1) is 17.8 Å². The maximum Gasteiger partial charge on any atom is 0.228 e. The van der Waals surface area contributed by atoms with E-state index >= 15 is 0 Å². The maximum absolute atomic E-state index is 12.8. The first-order chi connectivity index (χ1) is 15.5. The van der Waals surface area contributed by atoms with Gasteiger partial charge in [-0.15, -0.1) is 0 Å². The number of piperidine rings is 2. The molecule has 0 aromatic rings. The van der Waals surface area contributed by atoms with E-state index in [4.69, 9.17) is 4.74 Å². The van der Waals surface area contributed by atoms with Gasteiger partial charge in [0.1, 0.15) is 0 Å². The van der Waals surface area contributed by atoms with Gasteiger partial charge in [-0.25, -0.2) is 0 Å². The Morgan fingerprint density at radius 3 is 2.22 bits per heavy atom. The van der Waals surface area contributed by atoms with Crippen LogP contribution in [0.1, 0.15) is 45.4 Å². The second kappa shape index (κ2) is 11.0. The number of hydrogen-bond acceptors (Lipinski definition) is 5. The third-order valence-electron chi connectivity index (χ3n) is 7.95. The number of carbonyl (C=O) groups excluding carboxylic acids is 3. The lowest BCUT2D eigenvalue weighted by Crippen LogP contribution is -2.45. The quantitative estimate of drug-likeness (QED) is 0.607. The number of ether oxygens (including phenoxy) is 1. The topological polar surface area (TPSA) is 73.4 Å². The molecule has 0 aliphatic carbocycles. The Labute approximate surface area is 192 Å². The molecule has 0 N–H and O–H groups in total. The normalized spacial score (nSPS) is 26.7. The Balaban J connectivity index is 1.17. The zero-order chi connectivity index (χ0) is 22.5. The van der Waals surface area contributed by atoms with Crippen molar-refractivity contribution in [3.8, 4) is 0 Å². The van der Waals surface area contributed by atoms with Crippen LogP contribution in [0.15, 0.2) is 0 Å². The van der Waals surface area contributed by atoms with Gasteiger partial charge in [0.15, 0.2) is 0 Å². The lowest BCUT2D eigenvalue weighted by atomic mass is 9.91. The van der Waals surface area contributed by atoms with Gasteiger partial charge in [-0.1, -0.05) is 6.92 Å². The molecular weight excluding hydrogens is 408 g/mol. The van der Waals surface area contributed by atoms with Gasteiger partial charge < -0.3 is 24.3 Å². The minimum atomic E-state index is -0.207. The average Bonchev–Trinajstić information content (AvgIpc) is 3.20. The third-order valence-corrected chi connectivity index (χ3v) is 7.95. The summed E-state index contributed by atoms with van der Waals surface area (Å²) in [5.74, 6) is 1.27. The van der Waals surface area contributed by atoms with Gasteiger partial charge in [0.05, 0.1) is 19.1 Å². The van der Waals surface area contributed by atoms with Crippen molar-refractivity contribution >= 4 is 17.7 Å². The minimum Gasteiger partial charge on any atom is -0.378 e. The number of amides is 3. The van der Waals surface area contributed by atoms with E-state index in [1.165, 1.54) is 0 Å². The van der Waals surface area contributed by atoms with Gasteiger partial charge in [-0.3, -0.25) is 14.4 Å². The molecule has 4 aliphatic heterocycles. The summed E-state index contributed by atoms with van der Waals surface area (Å²) in [6, 6.07) is 0. The van der Waals surface area contributed by atoms with Crippen molar-refractivity contribution in [1.82, 2.24) is 19.6 Å². The number of likely N-dealkylation sites (tertiary alicyclic amines) is 3.